The van der Waals surface area contributed by atoms with Crippen LogP contribution in [0.25, 0.3) is 0 Å². The molecule has 1 aliphatic rings. The van der Waals surface area contributed by atoms with Crippen molar-refractivity contribution >= 4 is 29.1 Å². The molecule has 2 aromatic rings. The van der Waals surface area contributed by atoms with Gasteiger partial charge in [-0.2, -0.15) is 0 Å². The summed E-state index contributed by atoms with van der Waals surface area (Å²) in [6, 6.07) is 13.8. The average molecular weight is 349 g/mol. The van der Waals surface area contributed by atoms with Crippen LogP contribution in [-0.4, -0.2) is 22.3 Å². The van der Waals surface area contributed by atoms with E-state index in [2.05, 4.69) is 10.3 Å². The van der Waals surface area contributed by atoms with Crippen molar-refractivity contribution in [2.45, 2.75) is 23.6 Å². The van der Waals surface area contributed by atoms with Crippen LogP contribution in [0.1, 0.15) is 22.7 Å². The Morgan fingerprint density at radius 2 is 2.00 bits per heavy atom. The zero-order valence-corrected chi connectivity index (χ0v) is 14.1. The van der Waals surface area contributed by atoms with E-state index < -0.39 is 4.84 Å². The molecule has 1 amide bonds. The van der Waals surface area contributed by atoms with E-state index in [-0.39, 0.29) is 17.7 Å². The number of rotatable bonds is 5. The fourth-order valence-electron chi connectivity index (χ4n) is 3.18. The van der Waals surface area contributed by atoms with Gasteiger partial charge in [-0.05, 0) is 29.7 Å². The van der Waals surface area contributed by atoms with Crippen molar-refractivity contribution in [2.75, 3.05) is 6.54 Å². The highest BCUT2D eigenvalue weighted by Gasteiger charge is 2.40. The minimum atomic E-state index is -0.592. The van der Waals surface area contributed by atoms with Crippen LogP contribution < -0.4 is 5.32 Å². The molecule has 3 nitrogen and oxygen atoms in total. The second-order valence-electron chi connectivity index (χ2n) is 5.73. The standard InChI is InChI=1S/C18H18Cl2N2O/c19-17(20)16-14-7-2-1-5-12(14)11-15(16)18(23)22-10-8-13-6-3-4-9-21-13/h1-7,9,15-17H,8,10-11H2,(H,22,23)/t15-,16-/m0/s1. The summed E-state index contributed by atoms with van der Waals surface area (Å²) < 4.78 is 0. The maximum Gasteiger partial charge on any atom is 0.224 e. The largest absolute Gasteiger partial charge is 0.355 e. The van der Waals surface area contributed by atoms with Gasteiger partial charge in [0, 0.05) is 30.8 Å². The molecule has 23 heavy (non-hydrogen) atoms. The van der Waals surface area contributed by atoms with E-state index in [1.807, 2.05) is 42.5 Å². The lowest BCUT2D eigenvalue weighted by Crippen LogP contribution is -2.35. The molecule has 0 bridgehead atoms. The van der Waals surface area contributed by atoms with Gasteiger partial charge in [0.25, 0.3) is 0 Å². The fourth-order valence-corrected chi connectivity index (χ4v) is 3.81. The first-order valence-electron chi connectivity index (χ1n) is 7.70. The van der Waals surface area contributed by atoms with Gasteiger partial charge in [-0.1, -0.05) is 30.3 Å². The lowest BCUT2D eigenvalue weighted by atomic mass is 9.93. The summed E-state index contributed by atoms with van der Waals surface area (Å²) in [7, 11) is 0. The van der Waals surface area contributed by atoms with Gasteiger partial charge in [0.2, 0.25) is 5.91 Å². The Bertz CT molecular complexity index is 676. The molecule has 3 rings (SSSR count). The van der Waals surface area contributed by atoms with Crippen molar-refractivity contribution < 1.29 is 4.79 Å². The number of hydrogen-bond acceptors (Lipinski definition) is 2. The van der Waals surface area contributed by atoms with Gasteiger partial charge in [-0.3, -0.25) is 9.78 Å². The number of carbonyl (C=O) groups is 1. The van der Waals surface area contributed by atoms with Crippen LogP contribution in [0.5, 0.6) is 0 Å². The average Bonchev–Trinajstić information content (AvgIpc) is 2.95. The minimum Gasteiger partial charge on any atom is -0.355 e. The molecule has 0 unspecified atom stereocenters. The summed E-state index contributed by atoms with van der Waals surface area (Å²) in [5.41, 5.74) is 3.22. The highest BCUT2D eigenvalue weighted by molar-refractivity contribution is 6.45. The molecule has 1 heterocycles. The summed E-state index contributed by atoms with van der Waals surface area (Å²) in [5.74, 6) is -0.353. The smallest absolute Gasteiger partial charge is 0.224 e. The van der Waals surface area contributed by atoms with Crippen molar-refractivity contribution in [3.8, 4) is 0 Å². The van der Waals surface area contributed by atoms with Crippen molar-refractivity contribution in [3.63, 3.8) is 0 Å². The molecular weight excluding hydrogens is 331 g/mol. The second-order valence-corrected chi connectivity index (χ2v) is 6.90. The Kier molecular flexibility index (Phi) is 5.19. The number of pyridine rings is 1. The molecule has 1 N–H and O–H groups in total. The highest BCUT2D eigenvalue weighted by atomic mass is 35.5. The number of carbonyl (C=O) groups excluding carboxylic acids is 1. The summed E-state index contributed by atoms with van der Waals surface area (Å²) in [6.45, 7) is 0.560. The second kappa shape index (κ2) is 7.33. The van der Waals surface area contributed by atoms with Gasteiger partial charge in [-0.15, -0.1) is 23.2 Å². The number of hydrogen-bond donors (Lipinski definition) is 1. The van der Waals surface area contributed by atoms with Crippen LogP contribution in [0, 0.1) is 5.92 Å². The van der Waals surface area contributed by atoms with E-state index in [0.717, 1.165) is 16.8 Å². The van der Waals surface area contributed by atoms with E-state index in [4.69, 9.17) is 23.2 Å². The molecule has 0 fully saturated rings. The number of benzene rings is 1. The van der Waals surface area contributed by atoms with Crippen LogP contribution in [-0.2, 0) is 17.6 Å². The molecular formula is C18H18Cl2N2O. The van der Waals surface area contributed by atoms with Gasteiger partial charge in [0.15, 0.2) is 0 Å². The molecule has 1 aliphatic carbocycles. The van der Waals surface area contributed by atoms with Crippen molar-refractivity contribution in [3.05, 3.63) is 65.5 Å². The Hall–Kier alpha value is -1.58. The first-order valence-corrected chi connectivity index (χ1v) is 8.57. The SMILES string of the molecule is O=C(NCCc1ccccn1)[C@H]1Cc2ccccc2[C@@H]1C(Cl)Cl. The van der Waals surface area contributed by atoms with E-state index in [9.17, 15) is 4.79 Å². The molecule has 120 valence electrons. The molecule has 0 radical (unpaired) electrons. The van der Waals surface area contributed by atoms with E-state index in [1.165, 1.54) is 0 Å². The van der Waals surface area contributed by atoms with E-state index in [1.54, 1.807) is 6.20 Å². The lowest BCUT2D eigenvalue weighted by molar-refractivity contribution is -0.125. The van der Waals surface area contributed by atoms with E-state index >= 15 is 0 Å². The predicted octanol–water partition coefficient (Wildman–Crippen LogP) is 3.50. The zero-order valence-electron chi connectivity index (χ0n) is 12.6. The van der Waals surface area contributed by atoms with Crippen LogP contribution >= 0.6 is 23.2 Å². The van der Waals surface area contributed by atoms with Crippen LogP contribution in [0.15, 0.2) is 48.7 Å². The molecule has 0 spiro atoms. The monoisotopic (exact) mass is 348 g/mol. The lowest BCUT2D eigenvalue weighted by Gasteiger charge is -2.21. The first kappa shape index (κ1) is 16.3. The molecule has 5 heteroatoms. The zero-order chi connectivity index (χ0) is 16.2. The molecule has 0 saturated carbocycles. The summed E-state index contributed by atoms with van der Waals surface area (Å²) in [6.07, 6.45) is 3.15. The van der Waals surface area contributed by atoms with Crippen molar-refractivity contribution in [2.24, 2.45) is 5.92 Å². The van der Waals surface area contributed by atoms with Gasteiger partial charge in [-0.25, -0.2) is 0 Å². The topological polar surface area (TPSA) is 42.0 Å². The number of nitrogens with one attached hydrogen (secondary N) is 1. The maximum absolute atomic E-state index is 12.6. The number of nitrogens with zero attached hydrogens (tertiary/aromatic N) is 1. The molecule has 2 atom stereocenters. The molecule has 1 aromatic heterocycles. The number of fused-ring (bicyclic) bond motifs is 1. The van der Waals surface area contributed by atoms with Crippen LogP contribution in [0.3, 0.4) is 0 Å². The Morgan fingerprint density at radius 1 is 1.22 bits per heavy atom. The third kappa shape index (κ3) is 3.67. The summed E-state index contributed by atoms with van der Waals surface area (Å²) in [5, 5.41) is 3.00. The van der Waals surface area contributed by atoms with Crippen LogP contribution in [0.4, 0.5) is 0 Å². The predicted molar refractivity (Wildman–Crippen MR) is 92.8 cm³/mol. The van der Waals surface area contributed by atoms with Gasteiger partial charge in [0.1, 0.15) is 4.84 Å². The van der Waals surface area contributed by atoms with Crippen molar-refractivity contribution in [1.82, 2.24) is 10.3 Å². The Balaban J connectivity index is 1.63. The molecule has 0 aliphatic heterocycles. The third-order valence-corrected chi connectivity index (χ3v) is 4.85. The summed E-state index contributed by atoms with van der Waals surface area (Å²) >= 11 is 12.3. The Morgan fingerprint density at radius 3 is 2.74 bits per heavy atom. The number of alkyl halides is 2. The number of aromatic nitrogens is 1. The molecule has 0 saturated heterocycles. The first-order chi connectivity index (χ1) is 11.2. The van der Waals surface area contributed by atoms with Crippen molar-refractivity contribution in [1.29, 1.82) is 0 Å². The molecule has 1 aromatic carbocycles. The third-order valence-electron chi connectivity index (χ3n) is 4.30. The van der Waals surface area contributed by atoms with Crippen LogP contribution in [0.2, 0.25) is 0 Å². The quantitative estimate of drug-likeness (QED) is 0.840. The summed E-state index contributed by atoms with van der Waals surface area (Å²) in [4.78, 5) is 16.2. The van der Waals surface area contributed by atoms with Gasteiger partial charge >= 0.3 is 0 Å². The fraction of sp³-hybridized carbons (Fsp3) is 0.333. The number of amides is 1. The normalized spacial score (nSPS) is 19.6. The highest BCUT2D eigenvalue weighted by Crippen LogP contribution is 2.43. The Labute approximate surface area is 146 Å². The van der Waals surface area contributed by atoms with E-state index in [0.29, 0.717) is 19.4 Å². The number of halogens is 2. The minimum absolute atomic E-state index is 0.00781. The van der Waals surface area contributed by atoms with Gasteiger partial charge in [0.05, 0.1) is 5.92 Å². The van der Waals surface area contributed by atoms with Gasteiger partial charge < -0.3 is 5.32 Å². The maximum atomic E-state index is 12.6.